The summed E-state index contributed by atoms with van der Waals surface area (Å²) in [7, 11) is -3.81. The lowest BCUT2D eigenvalue weighted by atomic mass is 9.98. The van der Waals surface area contributed by atoms with Crippen molar-refractivity contribution in [2.75, 3.05) is 31.5 Å². The van der Waals surface area contributed by atoms with Gasteiger partial charge in [0.25, 0.3) is 11.6 Å². The van der Waals surface area contributed by atoms with Gasteiger partial charge in [0.05, 0.1) is 9.82 Å². The summed E-state index contributed by atoms with van der Waals surface area (Å²) in [6.07, 6.45) is 7.04. The molecule has 11 nitrogen and oxygen atoms in total. The number of nitro groups is 1. The average Bonchev–Trinajstić information content (AvgIpc) is 3.22. The number of urea groups is 1. The van der Waals surface area contributed by atoms with E-state index in [-0.39, 0.29) is 41.3 Å². The minimum Gasteiger partial charge on any atom is -0.379 e. The first-order chi connectivity index (χ1) is 16.2. The predicted molar refractivity (Wildman–Crippen MR) is 125 cm³/mol. The Balaban J connectivity index is 1.39. The molecule has 34 heavy (non-hydrogen) atoms. The van der Waals surface area contributed by atoms with Crippen LogP contribution in [0.3, 0.4) is 0 Å². The Labute approximate surface area is 199 Å². The Kier molecular flexibility index (Phi) is 7.08. The first kappa shape index (κ1) is 24.4. The Morgan fingerprint density at radius 2 is 1.74 bits per heavy atom. The maximum atomic E-state index is 13.0. The Bertz CT molecular complexity index is 1060. The summed E-state index contributed by atoms with van der Waals surface area (Å²) in [6, 6.07) is 3.51. The molecule has 0 radical (unpaired) electrons. The largest absolute Gasteiger partial charge is 0.379 e. The number of hydrogen-bond donors (Lipinski definition) is 2. The highest BCUT2D eigenvalue weighted by Gasteiger charge is 2.52. The number of nitrogens with one attached hydrogen (secondary N) is 2. The van der Waals surface area contributed by atoms with Gasteiger partial charge in [-0.05, 0) is 44.2 Å². The highest BCUT2D eigenvalue weighted by Crippen LogP contribution is 2.35. The molecule has 2 aliphatic heterocycles. The van der Waals surface area contributed by atoms with Crippen molar-refractivity contribution >= 4 is 33.3 Å². The van der Waals surface area contributed by atoms with Crippen molar-refractivity contribution in [1.82, 2.24) is 14.5 Å². The van der Waals surface area contributed by atoms with Gasteiger partial charge in [-0.25, -0.2) is 13.2 Å². The zero-order valence-corrected chi connectivity index (χ0v) is 19.9. The molecule has 2 heterocycles. The van der Waals surface area contributed by atoms with Crippen LogP contribution in [0.2, 0.25) is 0 Å². The van der Waals surface area contributed by atoms with Crippen LogP contribution in [0, 0.1) is 10.1 Å². The van der Waals surface area contributed by atoms with E-state index in [9.17, 15) is 28.1 Å². The van der Waals surface area contributed by atoms with Crippen LogP contribution in [-0.4, -0.2) is 66.2 Å². The fourth-order valence-corrected chi connectivity index (χ4v) is 6.60. The van der Waals surface area contributed by atoms with Crippen LogP contribution in [0.1, 0.15) is 57.8 Å². The van der Waals surface area contributed by atoms with Crippen LogP contribution >= 0.6 is 0 Å². The number of nitrogens with zero attached hydrogens (tertiary/aromatic N) is 3. The van der Waals surface area contributed by atoms with E-state index in [0.717, 1.165) is 44.6 Å². The molecule has 0 atom stereocenters. The maximum Gasteiger partial charge on any atom is 0.325 e. The summed E-state index contributed by atoms with van der Waals surface area (Å²) in [6.45, 7) is 1.32. The number of sulfonamides is 1. The molecule has 1 aromatic rings. The van der Waals surface area contributed by atoms with E-state index in [2.05, 4.69) is 10.6 Å². The molecular formula is C22H31N5O6S. The quantitative estimate of drug-likeness (QED) is 0.245. The van der Waals surface area contributed by atoms with E-state index in [1.165, 1.54) is 21.3 Å². The van der Waals surface area contributed by atoms with Crippen molar-refractivity contribution in [2.24, 2.45) is 0 Å². The van der Waals surface area contributed by atoms with Crippen LogP contribution in [0.4, 0.5) is 16.2 Å². The highest BCUT2D eigenvalue weighted by molar-refractivity contribution is 7.89. The van der Waals surface area contributed by atoms with Gasteiger partial charge >= 0.3 is 6.03 Å². The monoisotopic (exact) mass is 493 g/mol. The molecule has 1 saturated carbocycles. The zero-order valence-electron chi connectivity index (χ0n) is 19.1. The molecule has 1 aromatic carbocycles. The molecule has 3 amide bonds. The van der Waals surface area contributed by atoms with E-state index < -0.39 is 20.5 Å². The number of imide groups is 1. The summed E-state index contributed by atoms with van der Waals surface area (Å²) in [4.78, 5) is 37.1. The van der Waals surface area contributed by atoms with Gasteiger partial charge in [0.1, 0.15) is 11.2 Å². The normalized spacial score (nSPS) is 21.0. The molecule has 186 valence electrons. The second kappa shape index (κ2) is 9.87. The second-order valence-corrected chi connectivity index (χ2v) is 11.1. The first-order valence-corrected chi connectivity index (χ1v) is 13.4. The van der Waals surface area contributed by atoms with Gasteiger partial charge in [-0.15, -0.1) is 0 Å². The Hall–Kier alpha value is -2.73. The molecule has 1 spiro atoms. The molecule has 12 heteroatoms. The molecule has 3 aliphatic rings. The molecular weight excluding hydrogens is 462 g/mol. The van der Waals surface area contributed by atoms with Crippen LogP contribution in [0.5, 0.6) is 0 Å². The highest BCUT2D eigenvalue weighted by atomic mass is 32.2. The SMILES string of the molecule is O=C1NC2(CCCC2)C(=O)N1CCCNc1ccc(S(=O)(=O)N2CCCCCC2)cc1[N+](=O)[O-]. The van der Waals surface area contributed by atoms with E-state index in [4.69, 9.17) is 0 Å². The fourth-order valence-electron chi connectivity index (χ4n) is 5.06. The second-order valence-electron chi connectivity index (χ2n) is 9.21. The minimum absolute atomic E-state index is 0.0900. The standard InChI is InChI=1S/C22H31N5O6S/c28-20-22(10-3-4-11-22)24-21(29)26(20)15-7-12-23-18-9-8-17(16-19(18)27(30)31)34(32,33)25-13-5-1-2-6-14-25/h8-9,16,23H,1-7,10-15H2,(H,24,29). The fraction of sp³-hybridized carbons (Fsp3) is 0.636. The van der Waals surface area contributed by atoms with Crippen LogP contribution < -0.4 is 10.6 Å². The van der Waals surface area contributed by atoms with Crippen molar-refractivity contribution < 1.29 is 22.9 Å². The number of carbonyl (C=O) groups excluding carboxylic acids is 2. The van der Waals surface area contributed by atoms with Crippen molar-refractivity contribution in [3.8, 4) is 0 Å². The summed E-state index contributed by atoms with van der Waals surface area (Å²) >= 11 is 0. The third-order valence-corrected chi connectivity index (χ3v) is 8.84. The lowest BCUT2D eigenvalue weighted by molar-refractivity contribution is -0.384. The van der Waals surface area contributed by atoms with Gasteiger partial charge in [0, 0.05) is 32.2 Å². The zero-order chi connectivity index (χ0) is 24.3. The predicted octanol–water partition coefficient (Wildman–Crippen LogP) is 2.83. The lowest BCUT2D eigenvalue weighted by Gasteiger charge is -2.20. The van der Waals surface area contributed by atoms with Gasteiger partial charge in [0.15, 0.2) is 0 Å². The van der Waals surface area contributed by atoms with E-state index in [1.807, 2.05) is 0 Å². The molecule has 3 fully saturated rings. The van der Waals surface area contributed by atoms with Crippen molar-refractivity contribution in [3.63, 3.8) is 0 Å². The molecule has 2 N–H and O–H groups in total. The lowest BCUT2D eigenvalue weighted by Crippen LogP contribution is -2.44. The van der Waals surface area contributed by atoms with Crippen molar-refractivity contribution in [1.29, 1.82) is 0 Å². The van der Waals surface area contributed by atoms with Gasteiger partial charge in [0.2, 0.25) is 10.0 Å². The van der Waals surface area contributed by atoms with Gasteiger partial charge in [-0.1, -0.05) is 25.7 Å². The Morgan fingerprint density at radius 1 is 1.06 bits per heavy atom. The molecule has 0 bridgehead atoms. The number of rotatable bonds is 8. The van der Waals surface area contributed by atoms with Crippen LogP contribution in [0.25, 0.3) is 0 Å². The van der Waals surface area contributed by atoms with E-state index in [1.54, 1.807) is 0 Å². The molecule has 2 saturated heterocycles. The van der Waals surface area contributed by atoms with Crippen LogP contribution in [-0.2, 0) is 14.8 Å². The maximum absolute atomic E-state index is 13.0. The minimum atomic E-state index is -3.81. The number of benzene rings is 1. The summed E-state index contributed by atoms with van der Waals surface area (Å²) in [5.41, 5.74) is -0.877. The van der Waals surface area contributed by atoms with Gasteiger partial charge in [-0.2, -0.15) is 4.31 Å². The summed E-state index contributed by atoms with van der Waals surface area (Å²) < 4.78 is 27.4. The molecule has 0 aromatic heterocycles. The number of carbonyl (C=O) groups is 2. The number of hydrogen-bond acceptors (Lipinski definition) is 7. The number of amides is 3. The molecule has 4 rings (SSSR count). The van der Waals surface area contributed by atoms with Crippen molar-refractivity contribution in [2.45, 2.75) is 68.2 Å². The Morgan fingerprint density at radius 3 is 2.38 bits per heavy atom. The van der Waals surface area contributed by atoms with Crippen molar-refractivity contribution in [3.05, 3.63) is 28.3 Å². The topological polar surface area (TPSA) is 142 Å². The number of nitro benzene ring substituents is 1. The smallest absolute Gasteiger partial charge is 0.325 e. The molecule has 1 aliphatic carbocycles. The third-order valence-electron chi connectivity index (χ3n) is 6.95. The average molecular weight is 494 g/mol. The van der Waals surface area contributed by atoms with Gasteiger partial charge in [-0.3, -0.25) is 19.8 Å². The van der Waals surface area contributed by atoms with E-state index in [0.29, 0.717) is 32.4 Å². The van der Waals surface area contributed by atoms with E-state index >= 15 is 0 Å². The summed E-state index contributed by atoms with van der Waals surface area (Å²) in [5, 5.41) is 17.4. The first-order valence-electron chi connectivity index (χ1n) is 11.9. The third kappa shape index (κ3) is 4.74. The summed E-state index contributed by atoms with van der Waals surface area (Å²) in [5.74, 6) is -0.191. The van der Waals surface area contributed by atoms with Gasteiger partial charge < -0.3 is 10.6 Å². The van der Waals surface area contributed by atoms with Crippen LogP contribution in [0.15, 0.2) is 23.1 Å². The number of anilines is 1. The molecule has 0 unspecified atom stereocenters.